The van der Waals surface area contributed by atoms with E-state index in [1.165, 1.54) is 6.07 Å². The smallest absolute Gasteiger partial charge is 0.410 e. The molecule has 0 saturated carbocycles. The fourth-order valence-electron chi connectivity index (χ4n) is 3.04. The van der Waals surface area contributed by atoms with E-state index < -0.39 is 10.5 Å². The van der Waals surface area contributed by atoms with Crippen molar-refractivity contribution < 1.29 is 14.5 Å². The van der Waals surface area contributed by atoms with Crippen molar-refractivity contribution in [3.63, 3.8) is 0 Å². The summed E-state index contributed by atoms with van der Waals surface area (Å²) in [5.41, 5.74) is 1.46. The minimum absolute atomic E-state index is 0.00190. The van der Waals surface area contributed by atoms with Crippen molar-refractivity contribution in [1.82, 2.24) is 9.88 Å². The highest BCUT2D eigenvalue weighted by molar-refractivity contribution is 5.74. The molecule has 3 rings (SSSR count). The first-order valence-electron chi connectivity index (χ1n) is 9.41. The molecule has 1 aromatic carbocycles. The average Bonchev–Trinajstić information content (AvgIpc) is 2.67. The van der Waals surface area contributed by atoms with Gasteiger partial charge in [0, 0.05) is 56.0 Å². The molecular weight excluding hydrogens is 374 g/mol. The van der Waals surface area contributed by atoms with Gasteiger partial charge in [-0.1, -0.05) is 0 Å². The summed E-state index contributed by atoms with van der Waals surface area (Å²) in [5, 5.41) is 14.5. The maximum Gasteiger partial charge on any atom is 0.410 e. The number of rotatable bonds is 4. The minimum Gasteiger partial charge on any atom is -0.444 e. The van der Waals surface area contributed by atoms with Gasteiger partial charge in [-0.2, -0.15) is 0 Å². The highest BCUT2D eigenvalue weighted by Gasteiger charge is 2.26. The zero-order chi connectivity index (χ0) is 21.0. The Bertz CT molecular complexity index is 874. The second kappa shape index (κ2) is 8.34. The molecule has 1 N–H and O–H groups in total. The normalized spacial score (nSPS) is 14.4. The summed E-state index contributed by atoms with van der Waals surface area (Å²) in [7, 11) is 0. The fraction of sp³-hybridized carbons (Fsp3) is 0.400. The fourth-order valence-corrected chi connectivity index (χ4v) is 3.04. The van der Waals surface area contributed by atoms with Crippen LogP contribution in [-0.2, 0) is 4.74 Å². The van der Waals surface area contributed by atoms with Crippen LogP contribution < -0.4 is 10.2 Å². The number of ether oxygens (including phenoxy) is 1. The largest absolute Gasteiger partial charge is 0.444 e. The molecule has 1 aliphatic rings. The molecular formula is C20H25N5O4. The lowest BCUT2D eigenvalue weighted by Crippen LogP contribution is -2.50. The van der Waals surface area contributed by atoms with Crippen LogP contribution in [0.5, 0.6) is 0 Å². The number of nitro benzene ring substituents is 1. The zero-order valence-electron chi connectivity index (χ0n) is 16.8. The molecule has 9 nitrogen and oxygen atoms in total. The topological polar surface area (TPSA) is 101 Å². The lowest BCUT2D eigenvalue weighted by molar-refractivity contribution is -0.383. The Hall–Kier alpha value is -3.36. The standard InChI is InChI=1S/C20H25N5O4/c1-20(2,3)29-19(26)24-12-10-23(11-13-24)16-4-5-18(25(27)28)17(14-16)22-15-6-8-21-9-7-15/h4-9,14H,10-13H2,1-3H3,(H,21,22). The van der Waals surface area contributed by atoms with Crippen LogP contribution >= 0.6 is 0 Å². The molecule has 0 radical (unpaired) electrons. The van der Waals surface area contributed by atoms with E-state index in [0.29, 0.717) is 31.9 Å². The van der Waals surface area contributed by atoms with Crippen LogP contribution in [0.3, 0.4) is 0 Å². The lowest BCUT2D eigenvalue weighted by atomic mass is 10.2. The number of hydrogen-bond donors (Lipinski definition) is 1. The Kier molecular flexibility index (Phi) is 5.86. The molecule has 1 fully saturated rings. The van der Waals surface area contributed by atoms with E-state index >= 15 is 0 Å². The molecule has 154 valence electrons. The second-order valence-electron chi connectivity index (χ2n) is 7.77. The van der Waals surface area contributed by atoms with Gasteiger partial charge < -0.3 is 19.9 Å². The summed E-state index contributed by atoms with van der Waals surface area (Å²) < 4.78 is 5.42. The molecule has 0 spiro atoms. The van der Waals surface area contributed by atoms with Gasteiger partial charge >= 0.3 is 6.09 Å². The Morgan fingerprint density at radius 3 is 2.38 bits per heavy atom. The van der Waals surface area contributed by atoms with E-state index in [0.717, 1.165) is 11.4 Å². The van der Waals surface area contributed by atoms with Gasteiger partial charge in [0.15, 0.2) is 0 Å². The quantitative estimate of drug-likeness (QED) is 0.616. The van der Waals surface area contributed by atoms with Crippen molar-refractivity contribution in [3.8, 4) is 0 Å². The molecule has 2 heterocycles. The number of nitrogens with zero attached hydrogens (tertiary/aromatic N) is 4. The monoisotopic (exact) mass is 399 g/mol. The third-order valence-electron chi connectivity index (χ3n) is 4.43. The first-order valence-corrected chi connectivity index (χ1v) is 9.41. The number of carbonyl (C=O) groups excluding carboxylic acids is 1. The van der Waals surface area contributed by atoms with Crippen molar-refractivity contribution in [2.75, 3.05) is 36.4 Å². The molecule has 0 bridgehead atoms. The Morgan fingerprint density at radius 2 is 1.79 bits per heavy atom. The summed E-state index contributed by atoms with van der Waals surface area (Å²) in [5.74, 6) is 0. The Labute approximate surface area is 169 Å². The van der Waals surface area contributed by atoms with Crippen LogP contribution in [0.15, 0.2) is 42.7 Å². The van der Waals surface area contributed by atoms with E-state index in [1.807, 2.05) is 20.8 Å². The van der Waals surface area contributed by atoms with Crippen LogP contribution in [0.2, 0.25) is 0 Å². The van der Waals surface area contributed by atoms with Crippen molar-refractivity contribution in [2.45, 2.75) is 26.4 Å². The summed E-state index contributed by atoms with van der Waals surface area (Å²) in [6.45, 7) is 7.82. The Morgan fingerprint density at radius 1 is 1.14 bits per heavy atom. The van der Waals surface area contributed by atoms with Crippen molar-refractivity contribution >= 4 is 28.8 Å². The predicted molar refractivity (Wildman–Crippen MR) is 111 cm³/mol. The van der Waals surface area contributed by atoms with Crippen LogP contribution in [0.25, 0.3) is 0 Å². The first-order chi connectivity index (χ1) is 13.7. The minimum atomic E-state index is -0.528. The van der Waals surface area contributed by atoms with Crippen LogP contribution in [-0.4, -0.2) is 52.7 Å². The number of amides is 1. The third kappa shape index (κ3) is 5.34. The van der Waals surface area contributed by atoms with E-state index in [9.17, 15) is 14.9 Å². The molecule has 0 unspecified atom stereocenters. The van der Waals surface area contributed by atoms with Gasteiger partial charge in [0.2, 0.25) is 0 Å². The predicted octanol–water partition coefficient (Wildman–Crippen LogP) is 3.79. The SMILES string of the molecule is CC(C)(C)OC(=O)N1CCN(c2ccc([N+](=O)[O-])c(Nc3ccncc3)c2)CC1. The van der Waals surface area contributed by atoms with Crippen molar-refractivity contribution in [2.24, 2.45) is 0 Å². The molecule has 1 aromatic heterocycles. The van der Waals surface area contributed by atoms with Crippen molar-refractivity contribution in [3.05, 3.63) is 52.8 Å². The molecule has 0 aliphatic carbocycles. The summed E-state index contributed by atoms with van der Waals surface area (Å²) >= 11 is 0. The highest BCUT2D eigenvalue weighted by atomic mass is 16.6. The average molecular weight is 399 g/mol. The number of nitro groups is 1. The van der Waals surface area contributed by atoms with Gasteiger partial charge in [-0.25, -0.2) is 4.79 Å². The van der Waals surface area contributed by atoms with Gasteiger partial charge in [0.1, 0.15) is 11.3 Å². The van der Waals surface area contributed by atoms with Gasteiger partial charge in [0.25, 0.3) is 5.69 Å². The van der Waals surface area contributed by atoms with Gasteiger partial charge in [0.05, 0.1) is 4.92 Å². The molecule has 1 amide bonds. The molecule has 1 aliphatic heterocycles. The van der Waals surface area contributed by atoms with Gasteiger partial charge in [-0.3, -0.25) is 15.1 Å². The number of benzene rings is 1. The summed E-state index contributed by atoms with van der Waals surface area (Å²) in [4.78, 5) is 31.0. The first kappa shape index (κ1) is 20.4. The third-order valence-corrected chi connectivity index (χ3v) is 4.43. The number of pyridine rings is 1. The number of anilines is 3. The molecule has 9 heteroatoms. The van der Waals surface area contributed by atoms with Crippen LogP contribution in [0.1, 0.15) is 20.8 Å². The maximum absolute atomic E-state index is 12.2. The molecule has 2 aromatic rings. The van der Waals surface area contributed by atoms with Crippen LogP contribution in [0, 0.1) is 10.1 Å². The zero-order valence-corrected chi connectivity index (χ0v) is 16.8. The molecule has 0 atom stereocenters. The molecule has 29 heavy (non-hydrogen) atoms. The number of hydrogen-bond acceptors (Lipinski definition) is 7. The second-order valence-corrected chi connectivity index (χ2v) is 7.77. The highest BCUT2D eigenvalue weighted by Crippen LogP contribution is 2.32. The number of carbonyl (C=O) groups is 1. The number of piperazine rings is 1. The Balaban J connectivity index is 1.72. The van der Waals surface area contributed by atoms with Crippen LogP contribution in [0.4, 0.5) is 27.5 Å². The number of aromatic nitrogens is 1. The lowest BCUT2D eigenvalue weighted by Gasteiger charge is -2.36. The van der Waals surface area contributed by atoms with Gasteiger partial charge in [-0.05, 0) is 45.0 Å². The van der Waals surface area contributed by atoms with E-state index in [1.54, 1.807) is 41.6 Å². The van der Waals surface area contributed by atoms with E-state index in [-0.39, 0.29) is 11.8 Å². The number of nitrogens with one attached hydrogen (secondary N) is 1. The van der Waals surface area contributed by atoms with E-state index in [4.69, 9.17) is 4.74 Å². The maximum atomic E-state index is 12.2. The summed E-state index contributed by atoms with van der Waals surface area (Å²) in [6.07, 6.45) is 2.92. The van der Waals surface area contributed by atoms with Crippen molar-refractivity contribution in [1.29, 1.82) is 0 Å². The summed E-state index contributed by atoms with van der Waals surface area (Å²) in [6, 6.07) is 8.49. The van der Waals surface area contributed by atoms with Gasteiger partial charge in [-0.15, -0.1) is 0 Å². The van der Waals surface area contributed by atoms with E-state index in [2.05, 4.69) is 15.2 Å². The molecule has 1 saturated heterocycles.